The van der Waals surface area contributed by atoms with Crippen molar-refractivity contribution < 1.29 is 14.3 Å². The molecule has 0 aliphatic carbocycles. The minimum Gasteiger partial charge on any atom is -0.490 e. The van der Waals surface area contributed by atoms with Gasteiger partial charge in [0, 0.05) is 0 Å². The van der Waals surface area contributed by atoms with Crippen molar-refractivity contribution in [2.45, 2.75) is 39.2 Å². The van der Waals surface area contributed by atoms with Gasteiger partial charge in [0.05, 0.1) is 13.5 Å². The number of benzene rings is 1. The van der Waals surface area contributed by atoms with E-state index in [0.29, 0.717) is 5.92 Å². The highest BCUT2D eigenvalue weighted by Crippen LogP contribution is 2.19. The molecule has 0 aliphatic heterocycles. The molecular weight excluding hydrogens is 216 g/mol. The van der Waals surface area contributed by atoms with Crippen molar-refractivity contribution in [2.75, 3.05) is 7.11 Å². The monoisotopic (exact) mass is 236 g/mol. The minimum atomic E-state index is -0.253. The van der Waals surface area contributed by atoms with E-state index in [2.05, 4.69) is 18.6 Å². The Morgan fingerprint density at radius 2 is 1.76 bits per heavy atom. The smallest absolute Gasteiger partial charge is 0.309 e. The lowest BCUT2D eigenvalue weighted by atomic mass is 10.0. The second kappa shape index (κ2) is 6.28. The van der Waals surface area contributed by atoms with Gasteiger partial charge in [0.15, 0.2) is 0 Å². The predicted octanol–water partition coefficient (Wildman–Crippen LogP) is 3.14. The van der Waals surface area contributed by atoms with Gasteiger partial charge in [-0.25, -0.2) is 0 Å². The van der Waals surface area contributed by atoms with E-state index in [9.17, 15) is 4.79 Å². The van der Waals surface area contributed by atoms with Crippen LogP contribution in [0.15, 0.2) is 24.3 Å². The average Bonchev–Trinajstić information content (AvgIpc) is 2.29. The molecule has 1 unspecified atom stereocenters. The number of carbonyl (C=O) groups is 1. The van der Waals surface area contributed by atoms with Crippen LogP contribution in [0.25, 0.3) is 0 Å². The van der Waals surface area contributed by atoms with Crippen molar-refractivity contribution in [1.29, 1.82) is 0 Å². The maximum absolute atomic E-state index is 11.1. The SMILES string of the molecule is COC(=O)CC(C)Oc1ccc(C(C)C)cc1. The van der Waals surface area contributed by atoms with E-state index in [1.54, 1.807) is 0 Å². The van der Waals surface area contributed by atoms with Gasteiger partial charge in [0.25, 0.3) is 0 Å². The Kier molecular flexibility index (Phi) is 5.01. The number of hydrogen-bond acceptors (Lipinski definition) is 3. The second-order valence-corrected chi connectivity index (χ2v) is 4.43. The lowest BCUT2D eigenvalue weighted by Gasteiger charge is -2.14. The van der Waals surface area contributed by atoms with E-state index < -0.39 is 0 Å². The summed E-state index contributed by atoms with van der Waals surface area (Å²) in [4.78, 5) is 11.1. The van der Waals surface area contributed by atoms with Crippen molar-refractivity contribution >= 4 is 5.97 Å². The normalized spacial score (nSPS) is 12.3. The zero-order valence-corrected chi connectivity index (χ0v) is 10.9. The van der Waals surface area contributed by atoms with E-state index >= 15 is 0 Å². The highest BCUT2D eigenvalue weighted by molar-refractivity contribution is 5.69. The largest absolute Gasteiger partial charge is 0.490 e. The van der Waals surface area contributed by atoms with Crippen LogP contribution in [0.1, 0.15) is 38.7 Å². The van der Waals surface area contributed by atoms with Crippen molar-refractivity contribution in [3.63, 3.8) is 0 Å². The van der Waals surface area contributed by atoms with Crippen molar-refractivity contribution in [2.24, 2.45) is 0 Å². The Bertz CT molecular complexity index is 354. The summed E-state index contributed by atoms with van der Waals surface area (Å²) in [7, 11) is 1.38. The predicted molar refractivity (Wildman–Crippen MR) is 67.3 cm³/mol. The molecule has 1 rings (SSSR count). The van der Waals surface area contributed by atoms with Crippen LogP contribution in [0.2, 0.25) is 0 Å². The van der Waals surface area contributed by atoms with Crippen LogP contribution in [-0.4, -0.2) is 19.2 Å². The first kappa shape index (κ1) is 13.6. The molecule has 0 aromatic heterocycles. The molecule has 0 amide bonds. The summed E-state index contributed by atoms with van der Waals surface area (Å²) in [5.41, 5.74) is 1.28. The molecule has 1 aromatic rings. The molecule has 3 nitrogen and oxygen atoms in total. The number of carbonyl (C=O) groups excluding carboxylic acids is 1. The Morgan fingerprint density at radius 1 is 1.18 bits per heavy atom. The third kappa shape index (κ3) is 4.47. The lowest BCUT2D eigenvalue weighted by Crippen LogP contribution is -2.17. The summed E-state index contributed by atoms with van der Waals surface area (Å²) in [5.74, 6) is 1.04. The minimum absolute atomic E-state index is 0.174. The molecule has 0 spiro atoms. The van der Waals surface area contributed by atoms with Crippen LogP contribution >= 0.6 is 0 Å². The molecule has 0 heterocycles. The van der Waals surface area contributed by atoms with E-state index in [0.717, 1.165) is 5.75 Å². The maximum Gasteiger partial charge on any atom is 0.309 e. The van der Waals surface area contributed by atoms with E-state index in [1.165, 1.54) is 12.7 Å². The molecule has 0 aliphatic rings. The topological polar surface area (TPSA) is 35.5 Å². The molecule has 0 radical (unpaired) electrons. The molecule has 1 atom stereocenters. The first-order valence-electron chi connectivity index (χ1n) is 5.86. The van der Waals surface area contributed by atoms with Gasteiger partial charge in [-0.15, -0.1) is 0 Å². The van der Waals surface area contributed by atoms with Crippen molar-refractivity contribution in [3.05, 3.63) is 29.8 Å². The molecular formula is C14H20O3. The zero-order chi connectivity index (χ0) is 12.8. The first-order chi connectivity index (χ1) is 8.02. The van der Waals surface area contributed by atoms with Gasteiger partial charge in [-0.05, 0) is 30.5 Å². The molecule has 0 saturated carbocycles. The molecule has 17 heavy (non-hydrogen) atoms. The summed E-state index contributed by atoms with van der Waals surface area (Å²) < 4.78 is 10.2. The fraction of sp³-hybridized carbons (Fsp3) is 0.500. The summed E-state index contributed by atoms with van der Waals surface area (Å²) >= 11 is 0. The number of esters is 1. The Hall–Kier alpha value is -1.51. The van der Waals surface area contributed by atoms with Gasteiger partial charge in [-0.3, -0.25) is 4.79 Å². The van der Waals surface area contributed by atoms with E-state index in [4.69, 9.17) is 4.74 Å². The molecule has 94 valence electrons. The van der Waals surface area contributed by atoms with Crippen molar-refractivity contribution in [3.8, 4) is 5.75 Å². The lowest BCUT2D eigenvalue weighted by molar-refractivity contribution is -0.142. The summed E-state index contributed by atoms with van der Waals surface area (Å²) in [6.45, 7) is 6.15. The van der Waals surface area contributed by atoms with Crippen LogP contribution < -0.4 is 4.74 Å². The third-order valence-corrected chi connectivity index (χ3v) is 2.57. The van der Waals surface area contributed by atoms with Crippen LogP contribution in [0, 0.1) is 0 Å². The number of ether oxygens (including phenoxy) is 2. The van der Waals surface area contributed by atoms with E-state index in [-0.39, 0.29) is 18.5 Å². The quantitative estimate of drug-likeness (QED) is 0.737. The average molecular weight is 236 g/mol. The maximum atomic E-state index is 11.1. The fourth-order valence-corrected chi connectivity index (χ4v) is 1.52. The van der Waals surface area contributed by atoms with Gasteiger partial charge < -0.3 is 9.47 Å². The Labute approximate surface area is 103 Å². The number of rotatable bonds is 5. The van der Waals surface area contributed by atoms with Gasteiger partial charge in [0.2, 0.25) is 0 Å². The first-order valence-corrected chi connectivity index (χ1v) is 5.86. The summed E-state index contributed by atoms with van der Waals surface area (Å²) in [6, 6.07) is 7.96. The van der Waals surface area contributed by atoms with E-state index in [1.807, 2.05) is 31.2 Å². The Morgan fingerprint density at radius 3 is 2.24 bits per heavy atom. The van der Waals surface area contributed by atoms with Crippen LogP contribution in [-0.2, 0) is 9.53 Å². The number of hydrogen-bond donors (Lipinski definition) is 0. The molecule has 1 aromatic carbocycles. The van der Waals surface area contributed by atoms with Crippen LogP contribution in [0.5, 0.6) is 5.75 Å². The molecule has 0 bridgehead atoms. The zero-order valence-electron chi connectivity index (χ0n) is 10.9. The second-order valence-electron chi connectivity index (χ2n) is 4.43. The summed E-state index contributed by atoms with van der Waals surface area (Å²) in [6.07, 6.45) is 0.0926. The molecule has 0 N–H and O–H groups in total. The molecule has 3 heteroatoms. The van der Waals surface area contributed by atoms with Crippen LogP contribution in [0.3, 0.4) is 0 Å². The van der Waals surface area contributed by atoms with Gasteiger partial charge in [0.1, 0.15) is 11.9 Å². The number of methoxy groups -OCH3 is 1. The van der Waals surface area contributed by atoms with Crippen molar-refractivity contribution in [1.82, 2.24) is 0 Å². The third-order valence-electron chi connectivity index (χ3n) is 2.57. The standard InChI is InChI=1S/C14H20O3/c1-10(2)12-5-7-13(8-6-12)17-11(3)9-14(15)16-4/h5-8,10-11H,9H2,1-4H3. The van der Waals surface area contributed by atoms with Gasteiger partial charge in [-0.2, -0.15) is 0 Å². The van der Waals surface area contributed by atoms with Crippen LogP contribution in [0.4, 0.5) is 0 Å². The highest BCUT2D eigenvalue weighted by atomic mass is 16.5. The van der Waals surface area contributed by atoms with Gasteiger partial charge >= 0.3 is 5.97 Å². The Balaban J connectivity index is 2.54. The molecule has 0 saturated heterocycles. The van der Waals surface area contributed by atoms with Gasteiger partial charge in [-0.1, -0.05) is 26.0 Å². The molecule has 0 fully saturated rings. The summed E-state index contributed by atoms with van der Waals surface area (Å²) in [5, 5.41) is 0. The fourth-order valence-electron chi connectivity index (χ4n) is 1.52. The highest BCUT2D eigenvalue weighted by Gasteiger charge is 2.10.